The molecule has 0 saturated carbocycles. The van der Waals surface area contributed by atoms with Crippen LogP contribution in [0, 0.1) is 10.7 Å². The molecule has 1 heteroatoms. The van der Waals surface area contributed by atoms with E-state index in [2.05, 4.69) is 39.5 Å². The fraction of sp³-hybridized carbons (Fsp3) is 0.889. The minimum atomic E-state index is 0.564. The summed E-state index contributed by atoms with van der Waals surface area (Å²) in [5.74, 6) is 0. The molecule has 1 rings (SSSR count). The van der Waals surface area contributed by atoms with Crippen LogP contribution in [0.15, 0.2) is 0 Å². The van der Waals surface area contributed by atoms with Gasteiger partial charge in [0, 0.05) is 10.7 Å². The summed E-state index contributed by atoms with van der Waals surface area (Å²) >= 11 is 2.06. The summed E-state index contributed by atoms with van der Waals surface area (Å²) in [5, 5.41) is 2.45. The summed E-state index contributed by atoms with van der Waals surface area (Å²) < 4.78 is 0. The Morgan fingerprint density at radius 2 is 2.10 bits per heavy atom. The van der Waals surface area contributed by atoms with E-state index in [1.165, 1.54) is 12.8 Å². The maximum atomic E-state index is 2.37. The molecule has 0 aliphatic carbocycles. The van der Waals surface area contributed by atoms with Crippen molar-refractivity contribution in [2.75, 3.05) is 0 Å². The summed E-state index contributed by atoms with van der Waals surface area (Å²) in [6.07, 6.45) is 2.68. The molecule has 58 valence electrons. The van der Waals surface area contributed by atoms with E-state index in [1.54, 1.807) is 5.25 Å². The molecule has 0 amide bonds. The Hall–Kier alpha value is 0.220. The van der Waals surface area contributed by atoms with E-state index in [0.29, 0.717) is 5.41 Å². The lowest BCUT2D eigenvalue weighted by molar-refractivity contribution is 0.317. The summed E-state index contributed by atoms with van der Waals surface area (Å²) in [6.45, 7) is 9.33. The standard InChI is InChI=1S/C9H17S/c1-7-5-9(3,4)6-8(2)10-7/h7H,5-6H2,1-4H3/q+1. The van der Waals surface area contributed by atoms with Gasteiger partial charge in [-0.05, 0) is 13.3 Å². The molecule has 0 aromatic carbocycles. The molecule has 1 unspecified atom stereocenters. The Balaban J connectivity index is 2.51. The van der Waals surface area contributed by atoms with Gasteiger partial charge >= 0.3 is 0 Å². The van der Waals surface area contributed by atoms with Crippen molar-refractivity contribution in [1.82, 2.24) is 0 Å². The third-order valence-corrected chi connectivity index (χ3v) is 3.09. The van der Waals surface area contributed by atoms with Crippen molar-refractivity contribution in [3.05, 3.63) is 5.25 Å². The highest BCUT2D eigenvalue weighted by atomic mass is 32.2. The second-order valence-electron chi connectivity index (χ2n) is 4.18. The van der Waals surface area contributed by atoms with Gasteiger partial charge in [-0.15, -0.1) is 0 Å². The van der Waals surface area contributed by atoms with Crippen LogP contribution in [0.1, 0.15) is 40.5 Å². The van der Waals surface area contributed by atoms with Crippen LogP contribution in [-0.4, -0.2) is 5.25 Å². The second-order valence-corrected chi connectivity index (χ2v) is 5.91. The predicted molar refractivity (Wildman–Crippen MR) is 49.0 cm³/mol. The van der Waals surface area contributed by atoms with Gasteiger partial charge in [0.05, 0.1) is 18.7 Å². The lowest BCUT2D eigenvalue weighted by Gasteiger charge is -2.29. The average Bonchev–Trinajstić information content (AvgIpc) is 1.54. The molecule has 1 fully saturated rings. The fourth-order valence-corrected chi connectivity index (χ4v) is 3.65. The molecule has 0 spiro atoms. The first kappa shape index (κ1) is 8.32. The van der Waals surface area contributed by atoms with Crippen molar-refractivity contribution in [2.45, 2.75) is 45.8 Å². The molecular formula is C9H17S+. The van der Waals surface area contributed by atoms with E-state index in [4.69, 9.17) is 0 Å². The highest BCUT2D eigenvalue weighted by molar-refractivity contribution is 8.02. The van der Waals surface area contributed by atoms with Crippen molar-refractivity contribution >= 4 is 11.8 Å². The van der Waals surface area contributed by atoms with Crippen LogP contribution in [0.3, 0.4) is 0 Å². The van der Waals surface area contributed by atoms with Crippen LogP contribution in [-0.2, 0) is 0 Å². The van der Waals surface area contributed by atoms with Crippen LogP contribution in [0.4, 0.5) is 0 Å². The first-order valence-electron chi connectivity index (χ1n) is 3.99. The van der Waals surface area contributed by atoms with Crippen molar-refractivity contribution in [3.63, 3.8) is 0 Å². The number of rotatable bonds is 0. The van der Waals surface area contributed by atoms with E-state index in [-0.39, 0.29) is 0 Å². The summed E-state index contributed by atoms with van der Waals surface area (Å²) in [7, 11) is 0. The lowest BCUT2D eigenvalue weighted by atomic mass is 9.83. The minimum Gasteiger partial charge on any atom is -0.0557 e. The minimum absolute atomic E-state index is 0.564. The van der Waals surface area contributed by atoms with Crippen molar-refractivity contribution in [3.8, 4) is 0 Å². The zero-order chi connectivity index (χ0) is 7.78. The first-order valence-corrected chi connectivity index (χ1v) is 4.87. The van der Waals surface area contributed by atoms with Crippen LogP contribution >= 0.6 is 11.8 Å². The van der Waals surface area contributed by atoms with Crippen LogP contribution in [0.25, 0.3) is 0 Å². The molecule has 1 saturated heterocycles. The van der Waals surface area contributed by atoms with Gasteiger partial charge in [-0.2, -0.15) is 0 Å². The number of hydrogen-bond donors (Lipinski definition) is 0. The molecule has 0 bridgehead atoms. The molecule has 10 heavy (non-hydrogen) atoms. The van der Waals surface area contributed by atoms with Crippen molar-refractivity contribution < 1.29 is 0 Å². The van der Waals surface area contributed by atoms with E-state index in [9.17, 15) is 0 Å². The zero-order valence-corrected chi connectivity index (χ0v) is 8.22. The smallest absolute Gasteiger partial charge is 0.0557 e. The Morgan fingerprint density at radius 1 is 1.50 bits per heavy atom. The van der Waals surface area contributed by atoms with E-state index >= 15 is 0 Å². The van der Waals surface area contributed by atoms with Gasteiger partial charge in [-0.3, -0.25) is 0 Å². The van der Waals surface area contributed by atoms with Crippen molar-refractivity contribution in [2.24, 2.45) is 5.41 Å². The quantitative estimate of drug-likeness (QED) is 0.485. The average molecular weight is 157 g/mol. The van der Waals surface area contributed by atoms with Gasteiger partial charge in [0.1, 0.15) is 6.42 Å². The highest BCUT2D eigenvalue weighted by Crippen LogP contribution is 2.46. The molecule has 0 aromatic heterocycles. The van der Waals surface area contributed by atoms with Gasteiger partial charge in [0.15, 0.2) is 5.25 Å². The van der Waals surface area contributed by atoms with E-state index in [0.717, 1.165) is 5.25 Å². The SMILES string of the molecule is C[C+]1CC(C)(C)CC(C)S1. The highest BCUT2D eigenvalue weighted by Gasteiger charge is 2.38. The van der Waals surface area contributed by atoms with Crippen molar-refractivity contribution in [1.29, 1.82) is 0 Å². The van der Waals surface area contributed by atoms with Gasteiger partial charge in [0.25, 0.3) is 0 Å². The first-order chi connectivity index (χ1) is 4.49. The summed E-state index contributed by atoms with van der Waals surface area (Å²) in [6, 6.07) is 0. The summed E-state index contributed by atoms with van der Waals surface area (Å²) in [5.41, 5.74) is 0.564. The molecule has 0 aromatic rings. The van der Waals surface area contributed by atoms with Crippen LogP contribution in [0.5, 0.6) is 0 Å². The van der Waals surface area contributed by atoms with E-state index in [1.807, 2.05) is 0 Å². The second kappa shape index (κ2) is 2.69. The fourth-order valence-electron chi connectivity index (χ4n) is 1.95. The van der Waals surface area contributed by atoms with Gasteiger partial charge in [0.2, 0.25) is 0 Å². The molecule has 1 aliphatic heterocycles. The molecular weight excluding hydrogens is 140 g/mol. The maximum absolute atomic E-state index is 2.37. The monoisotopic (exact) mass is 157 g/mol. The molecule has 0 N–H and O–H groups in total. The Labute approximate surface area is 68.8 Å². The third kappa shape index (κ3) is 2.12. The number of thioether (sulfide) groups is 1. The van der Waals surface area contributed by atoms with Gasteiger partial charge in [-0.25, -0.2) is 0 Å². The predicted octanol–water partition coefficient (Wildman–Crippen LogP) is 3.48. The normalized spacial score (nSPS) is 32.4. The maximum Gasteiger partial charge on any atom is 0.154 e. The van der Waals surface area contributed by atoms with Gasteiger partial charge < -0.3 is 0 Å². The molecule has 1 heterocycles. The molecule has 0 radical (unpaired) electrons. The molecule has 1 aliphatic rings. The Bertz CT molecular complexity index is 106. The largest absolute Gasteiger partial charge is 0.154 e. The van der Waals surface area contributed by atoms with Gasteiger partial charge in [-0.1, -0.05) is 13.8 Å². The van der Waals surface area contributed by atoms with E-state index < -0.39 is 0 Å². The zero-order valence-electron chi connectivity index (χ0n) is 7.40. The molecule has 0 nitrogen and oxygen atoms in total. The summed E-state index contributed by atoms with van der Waals surface area (Å²) in [4.78, 5) is 0. The lowest BCUT2D eigenvalue weighted by Crippen LogP contribution is -2.24. The molecule has 1 atom stereocenters. The Kier molecular flexibility index (Phi) is 2.24. The third-order valence-electron chi connectivity index (χ3n) is 1.97. The topological polar surface area (TPSA) is 0 Å². The Morgan fingerprint density at radius 3 is 2.50 bits per heavy atom. The van der Waals surface area contributed by atoms with Crippen LogP contribution in [0.2, 0.25) is 0 Å². The van der Waals surface area contributed by atoms with Crippen LogP contribution < -0.4 is 0 Å². The number of hydrogen-bond acceptors (Lipinski definition) is 1.